The summed E-state index contributed by atoms with van der Waals surface area (Å²) in [4.78, 5) is 12.8. The van der Waals surface area contributed by atoms with Crippen molar-refractivity contribution in [2.45, 2.75) is 32.9 Å². The Morgan fingerprint density at radius 3 is 2.40 bits per heavy atom. The van der Waals surface area contributed by atoms with Crippen LogP contribution >= 0.6 is 0 Å². The van der Waals surface area contributed by atoms with Crippen molar-refractivity contribution >= 4 is 5.97 Å². The number of carboxylic acids is 1. The molecule has 0 aliphatic rings. The fourth-order valence-corrected chi connectivity index (χ4v) is 1.97. The van der Waals surface area contributed by atoms with E-state index in [0.29, 0.717) is 24.6 Å². The van der Waals surface area contributed by atoms with Gasteiger partial charge >= 0.3 is 5.97 Å². The first kappa shape index (κ1) is 16.3. The predicted molar refractivity (Wildman–Crippen MR) is 77.3 cm³/mol. The molecule has 0 saturated carbocycles. The molecule has 0 aliphatic carbocycles. The Morgan fingerprint density at radius 1 is 1.25 bits per heavy atom. The van der Waals surface area contributed by atoms with E-state index in [1.807, 2.05) is 18.2 Å². The van der Waals surface area contributed by atoms with Gasteiger partial charge in [-0.15, -0.1) is 0 Å². The summed E-state index contributed by atoms with van der Waals surface area (Å²) in [7, 11) is 3.21. The van der Waals surface area contributed by atoms with Gasteiger partial charge in [-0.2, -0.15) is 0 Å². The van der Waals surface area contributed by atoms with Gasteiger partial charge in [0.1, 0.15) is 0 Å². The van der Waals surface area contributed by atoms with Crippen molar-refractivity contribution in [3.8, 4) is 11.5 Å². The van der Waals surface area contributed by atoms with Crippen LogP contribution < -0.4 is 9.47 Å². The molecule has 0 saturated heterocycles. The van der Waals surface area contributed by atoms with Crippen molar-refractivity contribution < 1.29 is 19.4 Å². The molecule has 1 aromatic rings. The van der Waals surface area contributed by atoms with Gasteiger partial charge in [-0.1, -0.05) is 6.07 Å². The second-order valence-electron chi connectivity index (χ2n) is 4.90. The Labute approximate surface area is 120 Å². The quantitative estimate of drug-likeness (QED) is 0.793. The van der Waals surface area contributed by atoms with Crippen LogP contribution in [0.25, 0.3) is 0 Å². The van der Waals surface area contributed by atoms with E-state index < -0.39 is 5.97 Å². The Morgan fingerprint density at radius 2 is 1.90 bits per heavy atom. The van der Waals surface area contributed by atoms with Crippen LogP contribution in [0, 0.1) is 0 Å². The molecule has 112 valence electrons. The summed E-state index contributed by atoms with van der Waals surface area (Å²) >= 11 is 0. The van der Waals surface area contributed by atoms with Crippen molar-refractivity contribution in [3.63, 3.8) is 0 Å². The van der Waals surface area contributed by atoms with Gasteiger partial charge in [0, 0.05) is 19.1 Å². The van der Waals surface area contributed by atoms with E-state index in [-0.39, 0.29) is 12.5 Å². The highest BCUT2D eigenvalue weighted by molar-refractivity contribution is 5.66. The first-order valence-electron chi connectivity index (χ1n) is 6.64. The van der Waals surface area contributed by atoms with Gasteiger partial charge in [-0.3, -0.25) is 9.69 Å². The molecule has 0 aliphatic heterocycles. The lowest BCUT2D eigenvalue weighted by Gasteiger charge is -2.26. The van der Waals surface area contributed by atoms with Crippen molar-refractivity contribution in [2.24, 2.45) is 0 Å². The van der Waals surface area contributed by atoms with Crippen molar-refractivity contribution in [1.82, 2.24) is 4.90 Å². The zero-order chi connectivity index (χ0) is 15.1. The average Bonchev–Trinajstić information content (AvgIpc) is 2.42. The molecule has 0 heterocycles. The molecule has 0 spiro atoms. The Balaban J connectivity index is 2.80. The predicted octanol–water partition coefficient (Wildman–Crippen LogP) is 2.39. The van der Waals surface area contributed by atoms with E-state index >= 15 is 0 Å². The third-order valence-electron chi connectivity index (χ3n) is 3.18. The summed E-state index contributed by atoms with van der Waals surface area (Å²) in [5.41, 5.74) is 1.07. The summed E-state index contributed by atoms with van der Waals surface area (Å²) in [5, 5.41) is 8.80. The minimum absolute atomic E-state index is 0.144. The third kappa shape index (κ3) is 4.74. The smallest absolute Gasteiger partial charge is 0.304 e. The normalized spacial score (nSPS) is 10.9. The van der Waals surface area contributed by atoms with Crippen LogP contribution in [0.15, 0.2) is 18.2 Å². The van der Waals surface area contributed by atoms with Crippen molar-refractivity contribution in [1.29, 1.82) is 0 Å². The number of hydrogen-bond acceptors (Lipinski definition) is 4. The second-order valence-corrected chi connectivity index (χ2v) is 4.90. The number of carbonyl (C=O) groups is 1. The van der Waals surface area contributed by atoms with E-state index in [9.17, 15) is 4.79 Å². The number of ether oxygens (including phenoxy) is 2. The Kier molecular flexibility index (Phi) is 6.31. The van der Waals surface area contributed by atoms with Gasteiger partial charge in [0.25, 0.3) is 0 Å². The maximum atomic E-state index is 10.7. The number of hydrogen-bond donors (Lipinski definition) is 1. The SMILES string of the molecule is COc1ccc(CN(CCC(=O)O)C(C)C)cc1OC. The molecule has 1 N–H and O–H groups in total. The lowest BCUT2D eigenvalue weighted by Crippen LogP contribution is -2.32. The summed E-state index contributed by atoms with van der Waals surface area (Å²) in [5.74, 6) is 0.604. The first-order valence-corrected chi connectivity index (χ1v) is 6.64. The molecule has 0 fully saturated rings. The van der Waals surface area contributed by atoms with Crippen LogP contribution in [0.5, 0.6) is 11.5 Å². The van der Waals surface area contributed by atoms with Crippen LogP contribution in [0.3, 0.4) is 0 Å². The molecule has 0 amide bonds. The molecule has 5 heteroatoms. The van der Waals surface area contributed by atoms with Gasteiger partial charge in [0.2, 0.25) is 0 Å². The summed E-state index contributed by atoms with van der Waals surface area (Å²) < 4.78 is 10.5. The van der Waals surface area contributed by atoms with Gasteiger partial charge in [-0.25, -0.2) is 0 Å². The highest BCUT2D eigenvalue weighted by Crippen LogP contribution is 2.28. The highest BCUT2D eigenvalue weighted by Gasteiger charge is 2.13. The largest absolute Gasteiger partial charge is 0.493 e. The maximum Gasteiger partial charge on any atom is 0.304 e. The summed E-state index contributed by atoms with van der Waals surface area (Å²) in [6.45, 7) is 5.33. The number of carboxylic acid groups (broad SMARTS) is 1. The third-order valence-corrected chi connectivity index (χ3v) is 3.18. The van der Waals surface area contributed by atoms with Gasteiger partial charge in [-0.05, 0) is 31.5 Å². The van der Waals surface area contributed by atoms with Crippen LogP contribution in [-0.4, -0.2) is 42.8 Å². The lowest BCUT2D eigenvalue weighted by atomic mass is 10.1. The Hall–Kier alpha value is -1.75. The summed E-state index contributed by atoms with van der Waals surface area (Å²) in [6.07, 6.45) is 0.144. The minimum atomic E-state index is -0.775. The molecule has 0 atom stereocenters. The number of aliphatic carboxylic acids is 1. The molecule has 1 aromatic carbocycles. The molecular weight excluding hydrogens is 258 g/mol. The molecule has 0 bridgehead atoms. The minimum Gasteiger partial charge on any atom is -0.493 e. The number of rotatable bonds is 8. The second kappa shape index (κ2) is 7.75. The van der Waals surface area contributed by atoms with Crippen LogP contribution in [0.4, 0.5) is 0 Å². The zero-order valence-electron chi connectivity index (χ0n) is 12.5. The molecular formula is C15H23NO4. The van der Waals surface area contributed by atoms with Crippen LogP contribution in [-0.2, 0) is 11.3 Å². The fraction of sp³-hybridized carbons (Fsp3) is 0.533. The first-order chi connectivity index (χ1) is 9.47. The van der Waals surface area contributed by atoms with E-state index in [1.54, 1.807) is 14.2 Å². The van der Waals surface area contributed by atoms with E-state index in [4.69, 9.17) is 14.6 Å². The van der Waals surface area contributed by atoms with Gasteiger partial charge in [0.05, 0.1) is 20.6 Å². The average molecular weight is 281 g/mol. The summed E-state index contributed by atoms with van der Waals surface area (Å²) in [6, 6.07) is 6.04. The maximum absolute atomic E-state index is 10.7. The Bertz CT molecular complexity index is 445. The molecule has 20 heavy (non-hydrogen) atoms. The van der Waals surface area contributed by atoms with Crippen LogP contribution in [0.1, 0.15) is 25.8 Å². The lowest BCUT2D eigenvalue weighted by molar-refractivity contribution is -0.137. The molecule has 0 aromatic heterocycles. The van der Waals surface area contributed by atoms with E-state index in [0.717, 1.165) is 5.56 Å². The highest BCUT2D eigenvalue weighted by atomic mass is 16.5. The van der Waals surface area contributed by atoms with E-state index in [2.05, 4.69) is 18.7 Å². The van der Waals surface area contributed by atoms with Gasteiger partial charge < -0.3 is 14.6 Å². The monoisotopic (exact) mass is 281 g/mol. The molecule has 0 radical (unpaired) electrons. The van der Waals surface area contributed by atoms with Crippen LogP contribution in [0.2, 0.25) is 0 Å². The molecule has 1 rings (SSSR count). The van der Waals surface area contributed by atoms with Crippen molar-refractivity contribution in [3.05, 3.63) is 23.8 Å². The van der Waals surface area contributed by atoms with E-state index in [1.165, 1.54) is 0 Å². The standard InChI is InChI=1S/C15H23NO4/c1-11(2)16(8-7-15(17)18)10-12-5-6-13(19-3)14(9-12)20-4/h5-6,9,11H,7-8,10H2,1-4H3,(H,17,18). The number of benzene rings is 1. The zero-order valence-corrected chi connectivity index (χ0v) is 12.5. The topological polar surface area (TPSA) is 59.0 Å². The van der Waals surface area contributed by atoms with Gasteiger partial charge in [0.15, 0.2) is 11.5 Å². The fourth-order valence-electron chi connectivity index (χ4n) is 1.97. The number of nitrogens with zero attached hydrogens (tertiary/aromatic N) is 1. The number of methoxy groups -OCH3 is 2. The molecule has 0 unspecified atom stereocenters. The molecule has 5 nitrogen and oxygen atoms in total. The van der Waals surface area contributed by atoms with Crippen molar-refractivity contribution in [2.75, 3.05) is 20.8 Å².